The number of carbonyl (C=O) groups excluding carboxylic acids is 2. The molecule has 1 aliphatic rings. The minimum Gasteiger partial charge on any atom is -0.444 e. The molecule has 0 spiro atoms. The summed E-state index contributed by atoms with van der Waals surface area (Å²) in [7, 11) is 3.83. The Hall–Kier alpha value is -1.30. The highest BCUT2D eigenvalue weighted by atomic mass is 16.6. The molecule has 0 aliphatic carbocycles. The Morgan fingerprint density at radius 1 is 1.21 bits per heavy atom. The highest BCUT2D eigenvalue weighted by molar-refractivity contribution is 5.77. The first-order valence-electron chi connectivity index (χ1n) is 6.58. The molecule has 2 amide bonds. The molecule has 0 aromatic rings. The molecule has 1 heterocycles. The summed E-state index contributed by atoms with van der Waals surface area (Å²) in [5.74, 6) is 0.0594. The number of carbonyl (C=O) groups is 2. The van der Waals surface area contributed by atoms with Crippen LogP contribution in [0.5, 0.6) is 0 Å². The van der Waals surface area contributed by atoms with E-state index in [0.29, 0.717) is 26.1 Å². The number of piperazine rings is 1. The van der Waals surface area contributed by atoms with Gasteiger partial charge in [0.1, 0.15) is 5.60 Å². The Morgan fingerprint density at radius 2 is 1.79 bits per heavy atom. The molecule has 0 bridgehead atoms. The molecule has 1 radical (unpaired) electrons. The molecule has 19 heavy (non-hydrogen) atoms. The fraction of sp³-hybridized carbons (Fsp3) is 0.769. The Bertz CT molecular complexity index is 318. The topological polar surface area (TPSA) is 61.9 Å². The fourth-order valence-corrected chi connectivity index (χ4v) is 1.74. The largest absolute Gasteiger partial charge is 0.444 e. The van der Waals surface area contributed by atoms with E-state index in [9.17, 15) is 9.59 Å². The van der Waals surface area contributed by atoms with Gasteiger partial charge in [-0.15, -0.1) is 0 Å². The van der Waals surface area contributed by atoms with E-state index in [4.69, 9.17) is 4.74 Å². The van der Waals surface area contributed by atoms with Crippen molar-refractivity contribution in [2.45, 2.75) is 32.8 Å². The molecule has 1 aliphatic heterocycles. The lowest BCUT2D eigenvalue weighted by molar-refractivity contribution is -0.132. The maximum atomic E-state index is 11.9. The Labute approximate surface area is 115 Å². The summed E-state index contributed by atoms with van der Waals surface area (Å²) in [6.07, 6.45) is -0.181. The summed E-state index contributed by atoms with van der Waals surface area (Å²) < 4.78 is 5.09. The van der Waals surface area contributed by atoms with Crippen molar-refractivity contribution in [1.82, 2.24) is 15.1 Å². The second-order valence-corrected chi connectivity index (χ2v) is 5.68. The van der Waals surface area contributed by atoms with Crippen LogP contribution >= 0.6 is 0 Å². The van der Waals surface area contributed by atoms with Gasteiger partial charge in [0.05, 0.1) is 0 Å². The van der Waals surface area contributed by atoms with Crippen LogP contribution in [0.4, 0.5) is 4.79 Å². The fourth-order valence-electron chi connectivity index (χ4n) is 1.74. The third kappa shape index (κ3) is 6.42. The summed E-state index contributed by atoms with van der Waals surface area (Å²) in [5, 5.41) is 2.59. The number of alkyl carbamates (subject to hydrolysis) is 1. The van der Waals surface area contributed by atoms with Crippen molar-refractivity contribution in [2.24, 2.45) is 0 Å². The van der Waals surface area contributed by atoms with Crippen molar-refractivity contribution in [3.63, 3.8) is 0 Å². The zero-order chi connectivity index (χ0) is 14.5. The van der Waals surface area contributed by atoms with E-state index >= 15 is 0 Å². The monoisotopic (exact) mass is 270 g/mol. The van der Waals surface area contributed by atoms with Gasteiger partial charge in [-0.3, -0.25) is 9.69 Å². The first-order valence-corrected chi connectivity index (χ1v) is 6.58. The number of rotatable bonds is 3. The molecule has 0 atom stereocenters. The summed E-state index contributed by atoms with van der Waals surface area (Å²) in [4.78, 5) is 27.0. The molecular formula is C13H24N3O3. The Kier molecular flexibility index (Phi) is 5.60. The molecule has 0 aromatic heterocycles. The van der Waals surface area contributed by atoms with E-state index in [1.165, 1.54) is 0 Å². The minimum absolute atomic E-state index is 0.0594. The third-order valence-corrected chi connectivity index (χ3v) is 2.73. The van der Waals surface area contributed by atoms with E-state index in [2.05, 4.69) is 12.4 Å². The lowest BCUT2D eigenvalue weighted by Gasteiger charge is -2.32. The summed E-state index contributed by atoms with van der Waals surface area (Å²) >= 11 is 0. The van der Waals surface area contributed by atoms with Gasteiger partial charge in [0.25, 0.3) is 0 Å². The van der Waals surface area contributed by atoms with Crippen LogP contribution in [0.25, 0.3) is 0 Å². The summed E-state index contributed by atoms with van der Waals surface area (Å²) in [6, 6.07) is 0. The molecule has 0 unspecified atom stereocenters. The van der Waals surface area contributed by atoms with Crippen LogP contribution in [0, 0.1) is 7.05 Å². The standard InChI is InChI=1S/C13H24N3O3/c1-13(2,3)19-12(18)14-6-5-11(17)16-9-7-15(4)8-10-16/h4-10H2,1-3H3,(H,14,18). The second kappa shape index (κ2) is 6.75. The first-order chi connectivity index (χ1) is 8.78. The average Bonchev–Trinajstić information content (AvgIpc) is 2.27. The molecule has 0 saturated carbocycles. The maximum Gasteiger partial charge on any atom is 0.407 e. The Morgan fingerprint density at radius 3 is 2.32 bits per heavy atom. The van der Waals surface area contributed by atoms with Crippen molar-refractivity contribution in [2.75, 3.05) is 32.7 Å². The van der Waals surface area contributed by atoms with Crippen molar-refractivity contribution < 1.29 is 14.3 Å². The van der Waals surface area contributed by atoms with Gasteiger partial charge in [0, 0.05) is 46.2 Å². The molecule has 1 saturated heterocycles. The van der Waals surface area contributed by atoms with Crippen LogP contribution in [-0.2, 0) is 9.53 Å². The van der Waals surface area contributed by atoms with Gasteiger partial charge in [0.15, 0.2) is 0 Å². The number of hydrogen-bond acceptors (Lipinski definition) is 4. The van der Waals surface area contributed by atoms with Gasteiger partial charge in [-0.1, -0.05) is 0 Å². The van der Waals surface area contributed by atoms with Crippen LogP contribution < -0.4 is 5.32 Å². The third-order valence-electron chi connectivity index (χ3n) is 2.73. The van der Waals surface area contributed by atoms with Gasteiger partial charge < -0.3 is 15.0 Å². The molecule has 0 aromatic carbocycles. The van der Waals surface area contributed by atoms with E-state index < -0.39 is 11.7 Å². The van der Waals surface area contributed by atoms with Crippen molar-refractivity contribution >= 4 is 12.0 Å². The molecule has 1 N–H and O–H groups in total. The van der Waals surface area contributed by atoms with Crippen molar-refractivity contribution in [3.8, 4) is 0 Å². The lowest BCUT2D eigenvalue weighted by atomic mass is 10.2. The predicted octanol–water partition coefficient (Wildman–Crippen LogP) is 0.837. The molecule has 1 rings (SSSR count). The first kappa shape index (κ1) is 15.8. The van der Waals surface area contributed by atoms with E-state index in [0.717, 1.165) is 13.1 Å². The van der Waals surface area contributed by atoms with Crippen LogP contribution in [0.1, 0.15) is 27.2 Å². The molecule has 6 heteroatoms. The number of hydrogen-bond donors (Lipinski definition) is 1. The Balaban J connectivity index is 2.18. The van der Waals surface area contributed by atoms with Crippen molar-refractivity contribution in [3.05, 3.63) is 7.05 Å². The maximum absolute atomic E-state index is 11.9. The highest BCUT2D eigenvalue weighted by Crippen LogP contribution is 2.06. The molecular weight excluding hydrogens is 246 g/mol. The number of nitrogens with zero attached hydrogens (tertiary/aromatic N) is 2. The van der Waals surface area contributed by atoms with E-state index in [1.54, 1.807) is 25.7 Å². The SMILES string of the molecule is [CH2]N1CCN(C(=O)CCNC(=O)OC(C)(C)C)CC1. The van der Waals surface area contributed by atoms with E-state index in [-0.39, 0.29) is 5.91 Å². The predicted molar refractivity (Wildman–Crippen MR) is 72.4 cm³/mol. The van der Waals surface area contributed by atoms with Crippen LogP contribution in [-0.4, -0.2) is 60.1 Å². The van der Waals surface area contributed by atoms with E-state index in [1.807, 2.05) is 4.90 Å². The van der Waals surface area contributed by atoms with Gasteiger partial charge >= 0.3 is 6.09 Å². The smallest absolute Gasteiger partial charge is 0.407 e. The second-order valence-electron chi connectivity index (χ2n) is 5.68. The van der Waals surface area contributed by atoms with Crippen molar-refractivity contribution in [1.29, 1.82) is 0 Å². The minimum atomic E-state index is -0.515. The molecule has 1 fully saturated rings. The van der Waals surface area contributed by atoms with Crippen LogP contribution in [0.15, 0.2) is 0 Å². The number of ether oxygens (including phenoxy) is 1. The number of nitrogens with one attached hydrogen (secondary N) is 1. The van der Waals surface area contributed by atoms with Gasteiger partial charge in [-0.05, 0) is 20.8 Å². The number of amides is 2. The van der Waals surface area contributed by atoms with Gasteiger partial charge in [-0.2, -0.15) is 0 Å². The van der Waals surface area contributed by atoms with Crippen LogP contribution in [0.2, 0.25) is 0 Å². The lowest BCUT2D eigenvalue weighted by Crippen LogP contribution is -2.47. The average molecular weight is 270 g/mol. The zero-order valence-electron chi connectivity index (χ0n) is 12.1. The van der Waals surface area contributed by atoms with Gasteiger partial charge in [0.2, 0.25) is 5.91 Å². The highest BCUT2D eigenvalue weighted by Gasteiger charge is 2.19. The zero-order valence-corrected chi connectivity index (χ0v) is 12.1. The van der Waals surface area contributed by atoms with Crippen LogP contribution in [0.3, 0.4) is 0 Å². The summed E-state index contributed by atoms with van der Waals surface area (Å²) in [6.45, 7) is 8.71. The molecule has 6 nitrogen and oxygen atoms in total. The van der Waals surface area contributed by atoms with Gasteiger partial charge in [-0.25, -0.2) is 4.79 Å². The quantitative estimate of drug-likeness (QED) is 0.825. The summed E-state index contributed by atoms with van der Waals surface area (Å²) in [5.41, 5.74) is -0.515. The molecule has 109 valence electrons. The normalized spacial score (nSPS) is 17.2.